The molecular weight excluding hydrogens is 474 g/mol. The minimum absolute atomic E-state index is 0.0934. The van der Waals surface area contributed by atoms with Gasteiger partial charge in [0, 0.05) is 59.6 Å². The van der Waals surface area contributed by atoms with Crippen LogP contribution >= 0.6 is 0 Å². The first-order valence-corrected chi connectivity index (χ1v) is 11.8. The number of carbonyl (C=O) groups is 1. The van der Waals surface area contributed by atoms with Gasteiger partial charge in [-0.1, -0.05) is 13.0 Å². The lowest BCUT2D eigenvalue weighted by atomic mass is 9.93. The van der Waals surface area contributed by atoms with Crippen molar-refractivity contribution in [3.63, 3.8) is 0 Å². The molecule has 2 aliphatic rings. The van der Waals surface area contributed by atoms with Gasteiger partial charge >= 0.3 is 6.18 Å². The number of nitrogens with zero attached hydrogens (tertiary/aromatic N) is 2. The fourth-order valence-corrected chi connectivity index (χ4v) is 4.81. The van der Waals surface area contributed by atoms with Crippen LogP contribution in [0.25, 0.3) is 11.1 Å². The van der Waals surface area contributed by atoms with Crippen molar-refractivity contribution in [2.24, 2.45) is 0 Å². The van der Waals surface area contributed by atoms with Crippen molar-refractivity contribution < 1.29 is 22.4 Å². The first kappa shape index (κ1) is 24.1. The van der Waals surface area contributed by atoms with Gasteiger partial charge in [-0.05, 0) is 49.7 Å². The number of alkyl halides is 3. The number of piperidine rings is 1. The number of halogens is 4. The summed E-state index contributed by atoms with van der Waals surface area (Å²) in [6.45, 7) is 5.16. The van der Waals surface area contributed by atoms with Crippen molar-refractivity contribution in [1.82, 2.24) is 14.9 Å². The summed E-state index contributed by atoms with van der Waals surface area (Å²) in [5.41, 5.74) is 0.855. The first-order chi connectivity index (χ1) is 17.2. The number of H-pyrrole nitrogens is 1. The van der Waals surface area contributed by atoms with Gasteiger partial charge in [-0.15, -0.1) is 0 Å². The molecule has 0 unspecified atom stereocenters. The van der Waals surface area contributed by atoms with E-state index in [9.17, 15) is 18.0 Å². The maximum absolute atomic E-state index is 15.1. The van der Waals surface area contributed by atoms with Gasteiger partial charge in [-0.25, -0.2) is 9.37 Å². The van der Waals surface area contributed by atoms with E-state index < -0.39 is 23.5 Å². The van der Waals surface area contributed by atoms with E-state index in [1.807, 2.05) is 12.1 Å². The number of imidazole rings is 1. The van der Waals surface area contributed by atoms with Crippen LogP contribution in [0.3, 0.4) is 0 Å². The molecule has 0 radical (unpaired) electrons. The number of benzene rings is 2. The SMILES string of the molecule is CCN1CCC(Nc2ccc3c(c2)/C(=C(/c2ncc[nH]2)c2ccc(C(F)(F)F)cc2F)C(=O)N3)CC1. The van der Waals surface area contributed by atoms with Crippen LogP contribution in [-0.2, 0) is 11.0 Å². The predicted octanol–water partition coefficient (Wildman–Crippen LogP) is 5.38. The summed E-state index contributed by atoms with van der Waals surface area (Å²) in [5.74, 6) is -1.40. The van der Waals surface area contributed by atoms with Gasteiger partial charge in [0.25, 0.3) is 5.91 Å². The summed E-state index contributed by atoms with van der Waals surface area (Å²) in [5, 5.41) is 6.31. The number of carbonyl (C=O) groups excluding carboxylic acids is 1. The smallest absolute Gasteiger partial charge is 0.382 e. The molecule has 0 atom stereocenters. The van der Waals surface area contributed by atoms with Gasteiger partial charge in [0.05, 0.1) is 11.1 Å². The molecule has 1 amide bonds. The number of hydrogen-bond acceptors (Lipinski definition) is 4. The van der Waals surface area contributed by atoms with Crippen LogP contribution in [0.2, 0.25) is 0 Å². The Kier molecular flexibility index (Phi) is 6.29. The Bertz CT molecular complexity index is 1310. The Labute approximate surface area is 205 Å². The summed E-state index contributed by atoms with van der Waals surface area (Å²) >= 11 is 0. The zero-order chi connectivity index (χ0) is 25.4. The fourth-order valence-electron chi connectivity index (χ4n) is 4.81. The Balaban J connectivity index is 1.58. The number of amides is 1. The average molecular weight is 500 g/mol. The van der Waals surface area contributed by atoms with E-state index in [0.29, 0.717) is 17.3 Å². The Morgan fingerprint density at radius 1 is 1.17 bits per heavy atom. The van der Waals surface area contributed by atoms with Crippen LogP contribution in [0.4, 0.5) is 28.9 Å². The summed E-state index contributed by atoms with van der Waals surface area (Å²) in [6, 6.07) is 8.02. The van der Waals surface area contributed by atoms with E-state index in [1.54, 1.807) is 6.07 Å². The molecule has 1 fully saturated rings. The number of likely N-dealkylation sites (tertiary alicyclic amines) is 1. The predicted molar refractivity (Wildman–Crippen MR) is 130 cm³/mol. The van der Waals surface area contributed by atoms with Crippen LogP contribution in [0.15, 0.2) is 48.8 Å². The highest BCUT2D eigenvalue weighted by molar-refractivity contribution is 6.38. The van der Waals surface area contributed by atoms with Crippen LogP contribution < -0.4 is 10.6 Å². The molecule has 3 N–H and O–H groups in total. The van der Waals surface area contributed by atoms with Gasteiger partial charge < -0.3 is 20.5 Å². The lowest BCUT2D eigenvalue weighted by Crippen LogP contribution is -2.38. The zero-order valence-electron chi connectivity index (χ0n) is 19.5. The van der Waals surface area contributed by atoms with E-state index in [1.165, 1.54) is 12.4 Å². The standard InChI is InChI=1S/C26H25F4N5O/c1-2-35-11-7-16(8-12-35)33-17-4-6-21-19(14-17)23(25(36)34-21)22(24-31-9-10-32-24)18-5-3-15(13-20(18)27)26(28,29)30/h3-6,9-10,13-14,16,33H,2,7-8,11-12H2,1H3,(H,31,32)(H,34,36)/b23-22-. The average Bonchev–Trinajstić information content (AvgIpc) is 3.48. The third-order valence-corrected chi connectivity index (χ3v) is 6.72. The third-order valence-electron chi connectivity index (χ3n) is 6.72. The van der Waals surface area contributed by atoms with Crippen LogP contribution in [0, 0.1) is 5.82 Å². The Hall–Kier alpha value is -3.66. The van der Waals surface area contributed by atoms with Gasteiger partial charge in [-0.3, -0.25) is 4.79 Å². The lowest BCUT2D eigenvalue weighted by molar-refractivity contribution is -0.137. The summed E-state index contributed by atoms with van der Waals surface area (Å²) in [7, 11) is 0. The second kappa shape index (κ2) is 9.42. The van der Waals surface area contributed by atoms with Crippen molar-refractivity contribution in [3.05, 3.63) is 77.1 Å². The van der Waals surface area contributed by atoms with E-state index in [0.717, 1.165) is 50.3 Å². The van der Waals surface area contributed by atoms with E-state index in [4.69, 9.17) is 0 Å². The molecule has 0 saturated carbocycles. The molecule has 188 valence electrons. The number of fused-ring (bicyclic) bond motifs is 1. The van der Waals surface area contributed by atoms with Gasteiger partial charge in [0.15, 0.2) is 0 Å². The molecular formula is C26H25F4N5O. The van der Waals surface area contributed by atoms with Gasteiger partial charge in [0.1, 0.15) is 11.6 Å². The second-order valence-corrected chi connectivity index (χ2v) is 8.95. The third kappa shape index (κ3) is 4.60. The molecule has 5 rings (SSSR count). The highest BCUT2D eigenvalue weighted by Gasteiger charge is 2.34. The molecule has 6 nitrogen and oxygen atoms in total. The van der Waals surface area contributed by atoms with Crippen LogP contribution in [0.1, 0.15) is 42.3 Å². The number of nitrogens with one attached hydrogen (secondary N) is 3. The fraction of sp³-hybridized carbons (Fsp3) is 0.308. The molecule has 2 aliphatic heterocycles. The molecule has 2 aromatic carbocycles. The number of anilines is 2. The van der Waals surface area contributed by atoms with Crippen molar-refractivity contribution in [2.45, 2.75) is 32.0 Å². The number of aromatic amines is 1. The minimum Gasteiger partial charge on any atom is -0.382 e. The monoisotopic (exact) mass is 499 g/mol. The quantitative estimate of drug-likeness (QED) is 0.326. The number of hydrogen-bond donors (Lipinski definition) is 3. The summed E-state index contributed by atoms with van der Waals surface area (Å²) in [4.78, 5) is 22.6. The zero-order valence-corrected chi connectivity index (χ0v) is 19.5. The molecule has 3 aromatic rings. The molecule has 1 saturated heterocycles. The molecule has 0 spiro atoms. The molecule has 0 bridgehead atoms. The van der Waals surface area contributed by atoms with Crippen molar-refractivity contribution in [3.8, 4) is 0 Å². The van der Waals surface area contributed by atoms with E-state index in [-0.39, 0.29) is 28.6 Å². The Morgan fingerprint density at radius 3 is 2.58 bits per heavy atom. The molecule has 10 heteroatoms. The highest BCUT2D eigenvalue weighted by atomic mass is 19.4. The number of rotatable bonds is 5. The van der Waals surface area contributed by atoms with Crippen LogP contribution in [0.5, 0.6) is 0 Å². The summed E-state index contributed by atoms with van der Waals surface area (Å²) < 4.78 is 54.5. The maximum Gasteiger partial charge on any atom is 0.416 e. The van der Waals surface area contributed by atoms with Crippen molar-refractivity contribution >= 4 is 28.4 Å². The summed E-state index contributed by atoms with van der Waals surface area (Å²) in [6.07, 6.45) is 0.222. The Morgan fingerprint density at radius 2 is 1.94 bits per heavy atom. The topological polar surface area (TPSA) is 73.0 Å². The number of aromatic nitrogens is 2. The van der Waals surface area contributed by atoms with E-state index in [2.05, 4.69) is 32.4 Å². The van der Waals surface area contributed by atoms with Gasteiger partial charge in [0.2, 0.25) is 0 Å². The molecule has 0 aliphatic carbocycles. The van der Waals surface area contributed by atoms with Crippen molar-refractivity contribution in [1.29, 1.82) is 0 Å². The maximum atomic E-state index is 15.1. The van der Waals surface area contributed by atoms with E-state index >= 15 is 4.39 Å². The molecule has 1 aromatic heterocycles. The molecule has 36 heavy (non-hydrogen) atoms. The normalized spacial score (nSPS) is 18.2. The lowest BCUT2D eigenvalue weighted by Gasteiger charge is -2.32. The molecule has 3 heterocycles. The highest BCUT2D eigenvalue weighted by Crippen LogP contribution is 2.42. The van der Waals surface area contributed by atoms with Crippen LogP contribution in [-0.4, -0.2) is 46.5 Å². The minimum atomic E-state index is -4.69. The second-order valence-electron chi connectivity index (χ2n) is 8.95. The van der Waals surface area contributed by atoms with Crippen molar-refractivity contribution in [2.75, 3.05) is 30.3 Å². The first-order valence-electron chi connectivity index (χ1n) is 11.8. The van der Waals surface area contributed by atoms with Gasteiger partial charge in [-0.2, -0.15) is 13.2 Å². The largest absolute Gasteiger partial charge is 0.416 e.